The molecule has 0 fully saturated rings. The van der Waals surface area contributed by atoms with Crippen molar-refractivity contribution in [2.45, 2.75) is 24.9 Å². The number of rotatable bonds is 0. The fraction of sp³-hybridized carbons (Fsp3) is 0.250. The van der Waals surface area contributed by atoms with Gasteiger partial charge in [0, 0.05) is 9.61 Å². The monoisotopic (exact) mass is 347 g/mol. The molecule has 2 bridgehead atoms. The van der Waals surface area contributed by atoms with Gasteiger partial charge in [-0.3, -0.25) is 5.32 Å². The van der Waals surface area contributed by atoms with Gasteiger partial charge in [0.05, 0.1) is 5.54 Å². The van der Waals surface area contributed by atoms with Crippen molar-refractivity contribution >= 4 is 22.6 Å². The molecule has 0 aliphatic carbocycles. The standard InChI is InChI=1S/C16H14IN/c1-16-12-6-3-2-5-10(12)15(18-16)9-11-13(16)7-4-8-14(11)17/h2-8,15,18H,9H2,1H3. The minimum Gasteiger partial charge on any atom is -0.297 e. The van der Waals surface area contributed by atoms with Crippen molar-refractivity contribution in [1.29, 1.82) is 0 Å². The van der Waals surface area contributed by atoms with Gasteiger partial charge in [0.2, 0.25) is 0 Å². The summed E-state index contributed by atoms with van der Waals surface area (Å²) in [5.41, 5.74) is 5.91. The molecule has 0 amide bonds. The van der Waals surface area contributed by atoms with Gasteiger partial charge < -0.3 is 0 Å². The Morgan fingerprint density at radius 2 is 1.89 bits per heavy atom. The molecule has 2 aromatic rings. The molecule has 2 unspecified atom stereocenters. The second-order valence-electron chi connectivity index (χ2n) is 5.38. The summed E-state index contributed by atoms with van der Waals surface area (Å²) < 4.78 is 1.40. The summed E-state index contributed by atoms with van der Waals surface area (Å²) in [6, 6.07) is 16.0. The van der Waals surface area contributed by atoms with Crippen molar-refractivity contribution < 1.29 is 0 Å². The lowest BCUT2D eigenvalue weighted by molar-refractivity contribution is 0.388. The molecule has 0 aromatic heterocycles. The molecule has 2 aromatic carbocycles. The van der Waals surface area contributed by atoms with Crippen LogP contribution < -0.4 is 5.32 Å². The van der Waals surface area contributed by atoms with Gasteiger partial charge in [-0.15, -0.1) is 0 Å². The van der Waals surface area contributed by atoms with E-state index < -0.39 is 0 Å². The van der Waals surface area contributed by atoms with Crippen LogP contribution in [0.15, 0.2) is 42.5 Å². The number of hydrogen-bond acceptors (Lipinski definition) is 1. The van der Waals surface area contributed by atoms with Crippen LogP contribution in [0.1, 0.15) is 35.2 Å². The molecule has 90 valence electrons. The molecule has 1 N–H and O–H groups in total. The molecule has 2 atom stereocenters. The van der Waals surface area contributed by atoms with E-state index in [9.17, 15) is 0 Å². The van der Waals surface area contributed by atoms with Gasteiger partial charge in [-0.2, -0.15) is 0 Å². The normalized spacial score (nSPS) is 27.8. The Labute approximate surface area is 121 Å². The van der Waals surface area contributed by atoms with Crippen LogP contribution in [0.4, 0.5) is 0 Å². The highest BCUT2D eigenvalue weighted by Crippen LogP contribution is 2.48. The van der Waals surface area contributed by atoms with Crippen molar-refractivity contribution in [3.63, 3.8) is 0 Å². The zero-order valence-corrected chi connectivity index (χ0v) is 12.4. The Balaban J connectivity index is 2.05. The minimum atomic E-state index is -0.00394. The first-order valence-electron chi connectivity index (χ1n) is 6.35. The average molecular weight is 347 g/mol. The van der Waals surface area contributed by atoms with Crippen LogP contribution in [0.25, 0.3) is 0 Å². The van der Waals surface area contributed by atoms with Crippen LogP contribution in [0.5, 0.6) is 0 Å². The van der Waals surface area contributed by atoms with E-state index in [-0.39, 0.29) is 5.54 Å². The third-order valence-corrected chi connectivity index (χ3v) is 5.41. The second kappa shape index (κ2) is 3.58. The zero-order chi connectivity index (χ0) is 12.3. The van der Waals surface area contributed by atoms with E-state index in [1.54, 1.807) is 0 Å². The molecule has 2 aliphatic rings. The van der Waals surface area contributed by atoms with E-state index in [4.69, 9.17) is 0 Å². The Bertz CT molecular complexity index is 649. The summed E-state index contributed by atoms with van der Waals surface area (Å²) in [4.78, 5) is 0. The van der Waals surface area contributed by atoms with Gasteiger partial charge in [-0.1, -0.05) is 36.4 Å². The topological polar surface area (TPSA) is 12.0 Å². The minimum absolute atomic E-state index is 0.00394. The van der Waals surface area contributed by atoms with Crippen molar-refractivity contribution in [3.8, 4) is 0 Å². The largest absolute Gasteiger partial charge is 0.297 e. The second-order valence-corrected chi connectivity index (χ2v) is 6.54. The molecule has 0 saturated carbocycles. The Morgan fingerprint density at radius 1 is 1.11 bits per heavy atom. The zero-order valence-electron chi connectivity index (χ0n) is 10.2. The van der Waals surface area contributed by atoms with E-state index >= 15 is 0 Å². The summed E-state index contributed by atoms with van der Waals surface area (Å²) >= 11 is 2.47. The number of halogens is 1. The van der Waals surface area contributed by atoms with Crippen molar-refractivity contribution in [2.75, 3.05) is 0 Å². The number of nitrogens with one attached hydrogen (secondary N) is 1. The molecular formula is C16H14IN. The van der Waals surface area contributed by atoms with E-state index in [0.29, 0.717) is 6.04 Å². The molecule has 0 saturated heterocycles. The Kier molecular flexibility index (Phi) is 2.19. The number of benzene rings is 2. The Morgan fingerprint density at radius 3 is 2.78 bits per heavy atom. The highest BCUT2D eigenvalue weighted by molar-refractivity contribution is 14.1. The third kappa shape index (κ3) is 1.25. The predicted molar refractivity (Wildman–Crippen MR) is 81.6 cm³/mol. The molecule has 0 spiro atoms. The van der Waals surface area contributed by atoms with Gasteiger partial charge in [0.25, 0.3) is 0 Å². The number of fused-ring (bicyclic) bond motifs is 7. The summed E-state index contributed by atoms with van der Waals surface area (Å²) in [6.45, 7) is 2.32. The number of hydrogen-bond donors (Lipinski definition) is 1. The lowest BCUT2D eigenvalue weighted by Gasteiger charge is -2.35. The van der Waals surface area contributed by atoms with E-state index in [0.717, 1.165) is 6.42 Å². The lowest BCUT2D eigenvalue weighted by Crippen LogP contribution is -2.41. The van der Waals surface area contributed by atoms with Crippen LogP contribution in [-0.2, 0) is 12.0 Å². The van der Waals surface area contributed by atoms with Gasteiger partial charge in [0.15, 0.2) is 0 Å². The molecule has 18 heavy (non-hydrogen) atoms. The van der Waals surface area contributed by atoms with Gasteiger partial charge in [0.1, 0.15) is 0 Å². The molecular weight excluding hydrogens is 333 g/mol. The molecule has 0 radical (unpaired) electrons. The van der Waals surface area contributed by atoms with Crippen LogP contribution >= 0.6 is 22.6 Å². The molecule has 2 heterocycles. The Hall–Kier alpha value is -0.870. The maximum Gasteiger partial charge on any atom is 0.0673 e. The molecule has 2 aliphatic heterocycles. The molecule has 4 rings (SSSR count). The highest BCUT2D eigenvalue weighted by Gasteiger charge is 2.45. The maximum absolute atomic E-state index is 3.81. The first-order chi connectivity index (χ1) is 8.70. The first-order valence-corrected chi connectivity index (χ1v) is 7.43. The lowest BCUT2D eigenvalue weighted by atomic mass is 9.82. The summed E-state index contributed by atoms with van der Waals surface area (Å²) in [6.07, 6.45) is 1.11. The average Bonchev–Trinajstić information content (AvgIpc) is 2.62. The first kappa shape index (κ1) is 11.0. The van der Waals surface area contributed by atoms with Crippen molar-refractivity contribution in [1.82, 2.24) is 5.32 Å². The quantitative estimate of drug-likeness (QED) is 0.716. The van der Waals surface area contributed by atoms with Crippen LogP contribution in [0.3, 0.4) is 0 Å². The van der Waals surface area contributed by atoms with Gasteiger partial charge >= 0.3 is 0 Å². The summed E-state index contributed by atoms with van der Waals surface area (Å²) in [5.74, 6) is 0. The molecule has 1 nitrogen and oxygen atoms in total. The third-order valence-electron chi connectivity index (χ3n) is 4.40. The highest BCUT2D eigenvalue weighted by atomic mass is 127. The summed E-state index contributed by atoms with van der Waals surface area (Å²) in [5, 5.41) is 3.81. The molecule has 2 heteroatoms. The fourth-order valence-electron chi connectivity index (χ4n) is 3.58. The maximum atomic E-state index is 3.81. The van der Waals surface area contributed by atoms with Crippen LogP contribution in [-0.4, -0.2) is 0 Å². The predicted octanol–water partition coefficient (Wildman–Crippen LogP) is 3.76. The van der Waals surface area contributed by atoms with Crippen LogP contribution in [0.2, 0.25) is 0 Å². The smallest absolute Gasteiger partial charge is 0.0673 e. The fourth-order valence-corrected chi connectivity index (χ4v) is 4.30. The van der Waals surface area contributed by atoms with E-state index in [1.807, 2.05) is 0 Å². The van der Waals surface area contributed by atoms with E-state index in [1.165, 1.54) is 25.8 Å². The van der Waals surface area contributed by atoms with Crippen molar-refractivity contribution in [2.24, 2.45) is 0 Å². The van der Waals surface area contributed by atoms with Gasteiger partial charge in [-0.05, 0) is 64.3 Å². The van der Waals surface area contributed by atoms with Crippen LogP contribution in [0, 0.1) is 3.57 Å². The van der Waals surface area contributed by atoms with E-state index in [2.05, 4.69) is 77.3 Å². The summed E-state index contributed by atoms with van der Waals surface area (Å²) in [7, 11) is 0. The van der Waals surface area contributed by atoms with Gasteiger partial charge in [-0.25, -0.2) is 0 Å². The SMILES string of the molecule is CC12NC(Cc3c(I)cccc31)c1ccccc12. The van der Waals surface area contributed by atoms with Crippen molar-refractivity contribution in [3.05, 3.63) is 68.3 Å².